The number of ether oxygens (including phenoxy) is 1. The minimum Gasteiger partial charge on any atom is -0.411 e. The van der Waals surface area contributed by atoms with Crippen molar-refractivity contribution in [3.63, 3.8) is 0 Å². The predicted octanol–water partition coefficient (Wildman–Crippen LogP) is 0.838. The number of hydrogen-bond acceptors (Lipinski definition) is 4. The number of rotatable bonds is 5. The van der Waals surface area contributed by atoms with Crippen LogP contribution in [-0.4, -0.2) is 30.7 Å². The van der Waals surface area contributed by atoms with Crippen molar-refractivity contribution in [3.05, 3.63) is 0 Å². The van der Waals surface area contributed by atoms with Gasteiger partial charge in [0.05, 0.1) is 18.9 Å². The molecule has 0 aliphatic rings. The molecule has 4 heteroatoms. The van der Waals surface area contributed by atoms with Gasteiger partial charge in [0.1, 0.15) is 0 Å². The van der Waals surface area contributed by atoms with E-state index in [9.17, 15) is 0 Å². The molecule has 0 rings (SSSR count). The molecule has 72 valence electrons. The third-order valence-electron chi connectivity index (χ3n) is 1.85. The van der Waals surface area contributed by atoms with Gasteiger partial charge >= 0.3 is 0 Å². The SMILES string of the molecule is CC(=NO)C(C)(C)COCCN. The van der Waals surface area contributed by atoms with Gasteiger partial charge in [0.15, 0.2) is 0 Å². The maximum Gasteiger partial charge on any atom is 0.0619 e. The van der Waals surface area contributed by atoms with Gasteiger partial charge in [-0.05, 0) is 6.92 Å². The summed E-state index contributed by atoms with van der Waals surface area (Å²) in [6.07, 6.45) is 0. The zero-order chi connectivity index (χ0) is 9.61. The van der Waals surface area contributed by atoms with Crippen molar-refractivity contribution in [1.82, 2.24) is 0 Å². The molecule has 4 nitrogen and oxygen atoms in total. The van der Waals surface area contributed by atoms with Crippen LogP contribution in [-0.2, 0) is 4.74 Å². The molecular formula is C8H18N2O2. The topological polar surface area (TPSA) is 67.8 Å². The smallest absolute Gasteiger partial charge is 0.0619 e. The number of nitrogens with two attached hydrogens (primary N) is 1. The summed E-state index contributed by atoms with van der Waals surface area (Å²) in [5.41, 5.74) is 5.71. The lowest BCUT2D eigenvalue weighted by Crippen LogP contribution is -2.28. The van der Waals surface area contributed by atoms with Gasteiger partial charge in [-0.2, -0.15) is 0 Å². The van der Waals surface area contributed by atoms with E-state index < -0.39 is 0 Å². The molecule has 0 aliphatic carbocycles. The summed E-state index contributed by atoms with van der Waals surface area (Å²) in [6.45, 7) is 7.27. The van der Waals surface area contributed by atoms with Crippen LogP contribution in [0, 0.1) is 5.41 Å². The fourth-order valence-electron chi connectivity index (χ4n) is 0.650. The number of nitrogens with zero attached hydrogens (tertiary/aromatic N) is 1. The molecule has 0 saturated heterocycles. The minimum atomic E-state index is -0.218. The Balaban J connectivity index is 3.87. The van der Waals surface area contributed by atoms with Crippen molar-refractivity contribution in [2.24, 2.45) is 16.3 Å². The van der Waals surface area contributed by atoms with E-state index in [1.807, 2.05) is 13.8 Å². The predicted molar refractivity (Wildman–Crippen MR) is 48.5 cm³/mol. The van der Waals surface area contributed by atoms with Crippen molar-refractivity contribution < 1.29 is 9.94 Å². The second kappa shape index (κ2) is 5.11. The Morgan fingerprint density at radius 1 is 1.58 bits per heavy atom. The van der Waals surface area contributed by atoms with Crippen LogP contribution < -0.4 is 5.73 Å². The molecule has 0 atom stereocenters. The summed E-state index contributed by atoms with van der Waals surface area (Å²) in [6, 6.07) is 0. The van der Waals surface area contributed by atoms with E-state index in [0.717, 1.165) is 0 Å². The Labute approximate surface area is 73.4 Å². The molecule has 0 aliphatic heterocycles. The van der Waals surface area contributed by atoms with Gasteiger partial charge in [0, 0.05) is 12.0 Å². The lowest BCUT2D eigenvalue weighted by atomic mass is 9.89. The quantitative estimate of drug-likeness (QED) is 0.281. The maximum absolute atomic E-state index is 8.53. The summed E-state index contributed by atoms with van der Waals surface area (Å²) < 4.78 is 5.25. The Hall–Kier alpha value is -0.610. The average Bonchev–Trinajstić information content (AvgIpc) is 2.03. The molecule has 0 radical (unpaired) electrons. The maximum atomic E-state index is 8.53. The van der Waals surface area contributed by atoms with Gasteiger partial charge in [-0.1, -0.05) is 19.0 Å². The molecule has 0 bridgehead atoms. The zero-order valence-electron chi connectivity index (χ0n) is 8.00. The second-order valence-electron chi connectivity index (χ2n) is 3.41. The molecule has 12 heavy (non-hydrogen) atoms. The van der Waals surface area contributed by atoms with Gasteiger partial charge < -0.3 is 15.7 Å². The van der Waals surface area contributed by atoms with Crippen LogP contribution in [0.4, 0.5) is 0 Å². The van der Waals surface area contributed by atoms with E-state index in [1.54, 1.807) is 6.92 Å². The van der Waals surface area contributed by atoms with Crippen LogP contribution in [0.3, 0.4) is 0 Å². The third kappa shape index (κ3) is 3.69. The fraction of sp³-hybridized carbons (Fsp3) is 0.875. The second-order valence-corrected chi connectivity index (χ2v) is 3.41. The van der Waals surface area contributed by atoms with Crippen molar-refractivity contribution in [1.29, 1.82) is 0 Å². The first-order chi connectivity index (χ1) is 5.54. The molecule has 0 spiro atoms. The van der Waals surface area contributed by atoms with Crippen molar-refractivity contribution in [2.75, 3.05) is 19.8 Å². The van der Waals surface area contributed by atoms with E-state index >= 15 is 0 Å². The molecule has 0 aromatic rings. The Morgan fingerprint density at radius 3 is 2.58 bits per heavy atom. The average molecular weight is 174 g/mol. The van der Waals surface area contributed by atoms with Crippen LogP contribution in [0.5, 0.6) is 0 Å². The highest BCUT2D eigenvalue weighted by atomic mass is 16.5. The highest BCUT2D eigenvalue weighted by Crippen LogP contribution is 2.17. The largest absolute Gasteiger partial charge is 0.411 e. The van der Waals surface area contributed by atoms with E-state index in [1.165, 1.54) is 0 Å². The number of hydrogen-bond donors (Lipinski definition) is 2. The van der Waals surface area contributed by atoms with Gasteiger partial charge in [0.25, 0.3) is 0 Å². The highest BCUT2D eigenvalue weighted by molar-refractivity contribution is 5.86. The summed E-state index contributed by atoms with van der Waals surface area (Å²) in [7, 11) is 0. The zero-order valence-corrected chi connectivity index (χ0v) is 8.00. The molecule has 0 fully saturated rings. The van der Waals surface area contributed by atoms with Gasteiger partial charge in [-0.15, -0.1) is 0 Å². The van der Waals surface area contributed by atoms with Crippen molar-refractivity contribution in [3.8, 4) is 0 Å². The van der Waals surface area contributed by atoms with Crippen LogP contribution >= 0.6 is 0 Å². The van der Waals surface area contributed by atoms with Crippen molar-refractivity contribution in [2.45, 2.75) is 20.8 Å². The molecule has 0 unspecified atom stereocenters. The van der Waals surface area contributed by atoms with E-state index in [4.69, 9.17) is 15.7 Å². The molecule has 0 aromatic carbocycles. The Kier molecular flexibility index (Phi) is 4.85. The monoisotopic (exact) mass is 174 g/mol. The fourth-order valence-corrected chi connectivity index (χ4v) is 0.650. The third-order valence-corrected chi connectivity index (χ3v) is 1.85. The van der Waals surface area contributed by atoms with Crippen LogP contribution in [0.25, 0.3) is 0 Å². The molecule has 0 amide bonds. The molecule has 0 saturated carbocycles. The summed E-state index contributed by atoms with van der Waals surface area (Å²) >= 11 is 0. The summed E-state index contributed by atoms with van der Waals surface area (Å²) in [5.74, 6) is 0. The first-order valence-corrected chi connectivity index (χ1v) is 4.01. The Bertz CT molecular complexity index is 155. The van der Waals surface area contributed by atoms with E-state index in [-0.39, 0.29) is 5.41 Å². The molecular weight excluding hydrogens is 156 g/mol. The lowest BCUT2D eigenvalue weighted by Gasteiger charge is -2.22. The van der Waals surface area contributed by atoms with Crippen molar-refractivity contribution >= 4 is 5.71 Å². The van der Waals surface area contributed by atoms with Gasteiger partial charge in [-0.25, -0.2) is 0 Å². The number of oxime groups is 1. The first-order valence-electron chi connectivity index (χ1n) is 4.01. The van der Waals surface area contributed by atoms with Crippen LogP contribution in [0.1, 0.15) is 20.8 Å². The molecule has 0 aromatic heterocycles. The van der Waals surface area contributed by atoms with Gasteiger partial charge in [-0.3, -0.25) is 0 Å². The summed E-state index contributed by atoms with van der Waals surface area (Å²) in [4.78, 5) is 0. The summed E-state index contributed by atoms with van der Waals surface area (Å²) in [5, 5.41) is 11.7. The van der Waals surface area contributed by atoms with E-state index in [0.29, 0.717) is 25.5 Å². The van der Waals surface area contributed by atoms with E-state index in [2.05, 4.69) is 5.16 Å². The molecule has 3 N–H and O–H groups in total. The molecule has 0 heterocycles. The minimum absolute atomic E-state index is 0.218. The Morgan fingerprint density at radius 2 is 2.17 bits per heavy atom. The normalized spacial score (nSPS) is 13.5. The first kappa shape index (κ1) is 11.4. The van der Waals surface area contributed by atoms with Crippen LogP contribution in [0.2, 0.25) is 0 Å². The standard InChI is InChI=1S/C8H18N2O2/c1-7(10-11)8(2,3)6-12-5-4-9/h11H,4-6,9H2,1-3H3. The van der Waals surface area contributed by atoms with Crippen LogP contribution in [0.15, 0.2) is 5.16 Å². The highest BCUT2D eigenvalue weighted by Gasteiger charge is 2.22. The van der Waals surface area contributed by atoms with Gasteiger partial charge in [0.2, 0.25) is 0 Å². The lowest BCUT2D eigenvalue weighted by molar-refractivity contribution is 0.0951.